The molecule has 38 heavy (non-hydrogen) atoms. The number of nitrogens with zero attached hydrogens (tertiary/aromatic N) is 6. The molecular formula is C24H27N7O6S. The van der Waals surface area contributed by atoms with Crippen LogP contribution in [0, 0.1) is 19.3 Å². The van der Waals surface area contributed by atoms with Crippen LogP contribution in [0.4, 0.5) is 5.95 Å². The fourth-order valence-electron chi connectivity index (χ4n) is 3.31. The Morgan fingerprint density at radius 3 is 2.61 bits per heavy atom. The van der Waals surface area contributed by atoms with E-state index < -0.39 is 21.4 Å². The minimum atomic E-state index is -4.30. The largest absolute Gasteiger partial charge is 0.506 e. The maximum Gasteiger partial charge on any atom is 0.243 e. The summed E-state index contributed by atoms with van der Waals surface area (Å²) in [4.78, 5) is 12.4. The Morgan fingerprint density at radius 2 is 2.00 bits per heavy atom. The molecule has 0 unspecified atom stereocenters. The number of ether oxygens (including phenoxy) is 2. The fourth-order valence-corrected chi connectivity index (χ4v) is 4.36. The van der Waals surface area contributed by atoms with Crippen LogP contribution in [-0.2, 0) is 14.8 Å². The zero-order valence-electron chi connectivity index (χ0n) is 21.3. The summed E-state index contributed by atoms with van der Waals surface area (Å²) < 4.78 is 40.7. The highest BCUT2D eigenvalue weighted by Gasteiger charge is 2.33. The van der Waals surface area contributed by atoms with Crippen LogP contribution in [0.25, 0.3) is 5.69 Å². The Hall–Kier alpha value is -4.48. The molecular weight excluding hydrogens is 514 g/mol. The van der Waals surface area contributed by atoms with Gasteiger partial charge >= 0.3 is 0 Å². The monoisotopic (exact) mass is 541 g/mol. The molecule has 3 rings (SSSR count). The Bertz CT molecular complexity index is 1510. The number of nitrogens with one attached hydrogen (secondary N) is 1. The lowest BCUT2D eigenvalue weighted by Gasteiger charge is -2.20. The zero-order valence-corrected chi connectivity index (χ0v) is 22.1. The van der Waals surface area contributed by atoms with Crippen molar-refractivity contribution < 1.29 is 28.1 Å². The number of benzene rings is 1. The topological polar surface area (TPSA) is 174 Å². The third-order valence-corrected chi connectivity index (χ3v) is 7.08. The predicted octanol–water partition coefficient (Wildman–Crippen LogP) is 1.87. The van der Waals surface area contributed by atoms with Gasteiger partial charge in [0.2, 0.25) is 21.9 Å². The summed E-state index contributed by atoms with van der Waals surface area (Å²) in [7, 11) is -1.54. The molecule has 1 aromatic carbocycles. The Balaban J connectivity index is 2.14. The number of aliphatic hydroxyl groups excluding tert-OH is 1. The molecule has 2 aromatic heterocycles. The highest BCUT2D eigenvalue weighted by Crippen LogP contribution is 2.35. The first-order valence-electron chi connectivity index (χ1n) is 11.1. The number of aryl methyl sites for hydroxylation is 1. The van der Waals surface area contributed by atoms with Crippen LogP contribution in [0.1, 0.15) is 37.2 Å². The van der Waals surface area contributed by atoms with Gasteiger partial charge in [0.15, 0.2) is 5.82 Å². The van der Waals surface area contributed by atoms with Crippen molar-refractivity contribution in [2.75, 3.05) is 18.9 Å². The number of sulfonamides is 1. The van der Waals surface area contributed by atoms with Crippen LogP contribution in [0.15, 0.2) is 47.5 Å². The van der Waals surface area contributed by atoms with Crippen molar-refractivity contribution in [3.8, 4) is 29.5 Å². The number of phenolic OH excluding ortho intramolecular Hbond substituents is 1. The van der Waals surface area contributed by atoms with Crippen LogP contribution in [0.3, 0.4) is 0 Å². The number of terminal acetylenes is 1. The van der Waals surface area contributed by atoms with Crippen molar-refractivity contribution >= 4 is 21.7 Å². The first-order chi connectivity index (χ1) is 18.0. The van der Waals surface area contributed by atoms with Gasteiger partial charge in [-0.2, -0.15) is 0 Å². The van der Waals surface area contributed by atoms with E-state index in [1.54, 1.807) is 26.0 Å². The van der Waals surface area contributed by atoms with E-state index in [1.165, 1.54) is 50.2 Å². The number of para-hydroxylation sites is 1. The molecule has 3 aromatic rings. The van der Waals surface area contributed by atoms with Crippen molar-refractivity contribution in [1.82, 2.24) is 24.7 Å². The van der Waals surface area contributed by atoms with Crippen molar-refractivity contribution in [3.05, 3.63) is 59.8 Å². The summed E-state index contributed by atoms with van der Waals surface area (Å²) in [5.41, 5.74) is 0.949. The second-order valence-electron chi connectivity index (χ2n) is 7.94. The van der Waals surface area contributed by atoms with E-state index in [9.17, 15) is 18.6 Å². The standard InChI is InChI=1S/C24H27N7O6S/c1-7-9-20(37-6)27-15(3)23-28-29-24(31(23)21-18(32)10-8-11-19(21)36-5)30-38(34,35)16(4)22(33)17-13-25-14(2)12-26-17/h1,8-13,16,22,32-33H,2-6H3,(H,29,30)/b20-9+,27-15+/t16-,22-/m1/s1. The molecule has 14 heteroatoms. The summed E-state index contributed by atoms with van der Waals surface area (Å²) in [6.07, 6.45) is 7.81. The van der Waals surface area contributed by atoms with Gasteiger partial charge in [-0.3, -0.25) is 19.3 Å². The summed E-state index contributed by atoms with van der Waals surface area (Å²) in [6.45, 7) is 4.59. The van der Waals surface area contributed by atoms with E-state index >= 15 is 0 Å². The first-order valence-corrected chi connectivity index (χ1v) is 12.6. The van der Waals surface area contributed by atoms with Gasteiger partial charge in [0.1, 0.15) is 28.5 Å². The lowest BCUT2D eigenvalue weighted by molar-refractivity contribution is 0.171. The molecule has 0 bridgehead atoms. The van der Waals surface area contributed by atoms with E-state index in [4.69, 9.17) is 15.9 Å². The summed E-state index contributed by atoms with van der Waals surface area (Å²) in [5, 5.41) is 28.1. The smallest absolute Gasteiger partial charge is 0.243 e. The number of hydrogen-bond acceptors (Lipinski definition) is 11. The van der Waals surface area contributed by atoms with Gasteiger partial charge in [0.25, 0.3) is 0 Å². The van der Waals surface area contributed by atoms with Gasteiger partial charge < -0.3 is 19.7 Å². The molecule has 200 valence electrons. The fraction of sp³-hybridized carbons (Fsp3) is 0.292. The minimum Gasteiger partial charge on any atom is -0.506 e. The molecule has 13 nitrogen and oxygen atoms in total. The number of phenols is 1. The molecule has 0 aliphatic heterocycles. The second kappa shape index (κ2) is 11.7. The second-order valence-corrected chi connectivity index (χ2v) is 9.98. The number of aliphatic imine (C=N–C) groups is 1. The van der Waals surface area contributed by atoms with Gasteiger partial charge in [-0.15, -0.1) is 16.6 Å². The third kappa shape index (κ3) is 5.90. The molecule has 0 fully saturated rings. The minimum absolute atomic E-state index is 0.0414. The van der Waals surface area contributed by atoms with Crippen molar-refractivity contribution in [1.29, 1.82) is 0 Å². The van der Waals surface area contributed by atoms with Crippen LogP contribution in [0.2, 0.25) is 0 Å². The van der Waals surface area contributed by atoms with E-state index in [1.807, 2.05) is 0 Å². The molecule has 0 spiro atoms. The molecule has 0 saturated heterocycles. The average molecular weight is 542 g/mol. The highest BCUT2D eigenvalue weighted by molar-refractivity contribution is 7.93. The van der Waals surface area contributed by atoms with Gasteiger partial charge in [-0.25, -0.2) is 13.4 Å². The Kier molecular flexibility index (Phi) is 8.66. The van der Waals surface area contributed by atoms with Crippen LogP contribution >= 0.6 is 0 Å². The molecule has 0 radical (unpaired) electrons. The first kappa shape index (κ1) is 28.1. The lowest BCUT2D eigenvalue weighted by atomic mass is 10.2. The van der Waals surface area contributed by atoms with E-state index in [0.717, 1.165) is 0 Å². The SMILES string of the molecule is C#C/C=C(\N=C(/C)c1nnc(NS(=O)(=O)[C@H](C)[C@@H](O)c2cnc(C)cn2)n1-c1c(O)cccc1OC)OC. The molecule has 3 N–H and O–H groups in total. The number of rotatable bonds is 10. The Morgan fingerprint density at radius 1 is 1.26 bits per heavy atom. The summed E-state index contributed by atoms with van der Waals surface area (Å²) in [5.74, 6) is 2.06. The normalized spacial score (nSPS) is 13.9. The number of aliphatic hydroxyl groups is 1. The van der Waals surface area contributed by atoms with Crippen molar-refractivity contribution in [2.24, 2.45) is 4.99 Å². The molecule has 0 aliphatic carbocycles. The van der Waals surface area contributed by atoms with Gasteiger partial charge in [-0.05, 0) is 32.9 Å². The maximum atomic E-state index is 13.3. The van der Waals surface area contributed by atoms with Crippen LogP contribution < -0.4 is 9.46 Å². The van der Waals surface area contributed by atoms with Gasteiger partial charge in [0.05, 0.1) is 43.6 Å². The van der Waals surface area contributed by atoms with E-state index in [0.29, 0.717) is 5.69 Å². The van der Waals surface area contributed by atoms with E-state index in [-0.39, 0.29) is 46.2 Å². The molecule has 2 heterocycles. The molecule has 0 amide bonds. The lowest BCUT2D eigenvalue weighted by Crippen LogP contribution is -2.32. The Labute approximate surface area is 220 Å². The number of aromatic hydroxyl groups is 1. The van der Waals surface area contributed by atoms with Crippen molar-refractivity contribution in [2.45, 2.75) is 32.1 Å². The number of methoxy groups -OCH3 is 2. The predicted molar refractivity (Wildman–Crippen MR) is 139 cm³/mol. The maximum absolute atomic E-state index is 13.3. The van der Waals surface area contributed by atoms with Gasteiger partial charge in [-0.1, -0.05) is 12.0 Å². The number of hydrogen-bond donors (Lipinski definition) is 3. The quantitative estimate of drug-likeness (QED) is 0.195. The number of aromatic nitrogens is 5. The third-order valence-electron chi connectivity index (χ3n) is 5.37. The number of anilines is 1. The summed E-state index contributed by atoms with van der Waals surface area (Å²) in [6, 6.07) is 4.49. The molecule has 2 atom stereocenters. The van der Waals surface area contributed by atoms with Crippen molar-refractivity contribution in [3.63, 3.8) is 0 Å². The molecule has 0 saturated carbocycles. The van der Waals surface area contributed by atoms with Crippen LogP contribution in [0.5, 0.6) is 11.5 Å². The summed E-state index contributed by atoms with van der Waals surface area (Å²) >= 11 is 0. The zero-order chi connectivity index (χ0) is 28.0. The van der Waals surface area contributed by atoms with Gasteiger partial charge in [0, 0.05) is 6.20 Å². The average Bonchev–Trinajstić information content (AvgIpc) is 3.29. The number of allylic oxidation sites excluding steroid dienone is 1. The van der Waals surface area contributed by atoms with Crippen LogP contribution in [-0.4, -0.2) is 68.5 Å². The highest BCUT2D eigenvalue weighted by atomic mass is 32.2. The van der Waals surface area contributed by atoms with E-state index in [2.05, 4.69) is 35.8 Å². The molecule has 0 aliphatic rings.